The molecule has 1 atom stereocenters. The molecule has 1 aliphatic carbocycles. The Morgan fingerprint density at radius 1 is 1.19 bits per heavy atom. The molecule has 0 aromatic heterocycles. The molecule has 1 N–H and O–H groups in total. The van der Waals surface area contributed by atoms with Gasteiger partial charge >= 0.3 is 0 Å². The van der Waals surface area contributed by atoms with E-state index < -0.39 is 0 Å². The second-order valence-corrected chi connectivity index (χ2v) is 9.36. The molecular formula is C24H36ClN3O4. The van der Waals surface area contributed by atoms with E-state index in [-0.39, 0.29) is 24.5 Å². The number of hydrogen-bond acceptors (Lipinski definition) is 5. The first-order valence-corrected chi connectivity index (χ1v) is 11.9. The molecule has 7 nitrogen and oxygen atoms in total. The summed E-state index contributed by atoms with van der Waals surface area (Å²) in [6.45, 7) is 8.09. The van der Waals surface area contributed by atoms with Crippen molar-refractivity contribution in [3.8, 4) is 0 Å². The van der Waals surface area contributed by atoms with Crippen molar-refractivity contribution in [2.75, 3.05) is 51.9 Å². The van der Waals surface area contributed by atoms with Crippen LogP contribution in [0.4, 0.5) is 5.69 Å². The van der Waals surface area contributed by atoms with Crippen molar-refractivity contribution < 1.29 is 19.1 Å². The summed E-state index contributed by atoms with van der Waals surface area (Å²) >= 11 is 6.36. The zero-order valence-electron chi connectivity index (χ0n) is 19.5. The molecule has 3 rings (SSSR count). The second kappa shape index (κ2) is 12.0. The number of ether oxygens (including phenoxy) is 2. The Bertz CT molecular complexity index is 798. The maximum absolute atomic E-state index is 12.9. The molecule has 1 saturated carbocycles. The molecule has 2 amide bonds. The van der Waals surface area contributed by atoms with Crippen LogP contribution in [0.15, 0.2) is 12.1 Å². The van der Waals surface area contributed by atoms with E-state index in [0.29, 0.717) is 29.8 Å². The predicted octanol–water partition coefficient (Wildman–Crippen LogP) is 3.47. The van der Waals surface area contributed by atoms with E-state index in [1.54, 1.807) is 13.2 Å². The molecule has 0 radical (unpaired) electrons. The van der Waals surface area contributed by atoms with E-state index in [1.165, 1.54) is 12.8 Å². The van der Waals surface area contributed by atoms with Gasteiger partial charge in [-0.15, -0.1) is 0 Å². The highest BCUT2D eigenvalue weighted by molar-refractivity contribution is 6.31. The van der Waals surface area contributed by atoms with E-state index >= 15 is 0 Å². The van der Waals surface area contributed by atoms with Crippen molar-refractivity contribution in [2.24, 2.45) is 5.92 Å². The summed E-state index contributed by atoms with van der Waals surface area (Å²) in [5.41, 5.74) is 2.78. The Balaban J connectivity index is 1.58. The summed E-state index contributed by atoms with van der Waals surface area (Å²) < 4.78 is 10.2. The highest BCUT2D eigenvalue weighted by Crippen LogP contribution is 2.29. The van der Waals surface area contributed by atoms with Crippen LogP contribution in [0.3, 0.4) is 0 Å². The minimum Gasteiger partial charge on any atom is -0.382 e. The fraction of sp³-hybridized carbons (Fsp3) is 0.667. The van der Waals surface area contributed by atoms with E-state index in [4.69, 9.17) is 21.1 Å². The fourth-order valence-electron chi connectivity index (χ4n) is 4.68. The van der Waals surface area contributed by atoms with Crippen molar-refractivity contribution in [3.05, 3.63) is 28.3 Å². The van der Waals surface area contributed by atoms with Gasteiger partial charge in [-0.25, -0.2) is 0 Å². The molecule has 2 fully saturated rings. The predicted molar refractivity (Wildman–Crippen MR) is 126 cm³/mol. The van der Waals surface area contributed by atoms with Crippen LogP contribution in [0.1, 0.15) is 43.7 Å². The third-order valence-electron chi connectivity index (χ3n) is 6.51. The van der Waals surface area contributed by atoms with Crippen molar-refractivity contribution in [1.82, 2.24) is 9.80 Å². The lowest BCUT2D eigenvalue weighted by Gasteiger charge is -2.41. The molecule has 8 heteroatoms. The van der Waals surface area contributed by atoms with Crippen LogP contribution in [-0.2, 0) is 25.6 Å². The average molecular weight is 466 g/mol. The molecule has 0 spiro atoms. The standard InChI is InChI=1S/C24H36ClN3O4/c1-17-14-27(8-9-28(17)24(30)19-6-4-5-7-19)15-20-12-21(25)13-22(18(20)2)26-23(29)16-32-11-10-31-3/h12-13,17,19H,4-11,14-16H2,1-3H3,(H,26,29)/t17-/m0/s1. The molecule has 178 valence electrons. The van der Waals surface area contributed by atoms with E-state index in [1.807, 2.05) is 13.0 Å². The number of methoxy groups -OCH3 is 1. The maximum atomic E-state index is 12.9. The largest absolute Gasteiger partial charge is 0.382 e. The monoisotopic (exact) mass is 465 g/mol. The number of hydrogen-bond donors (Lipinski definition) is 1. The van der Waals surface area contributed by atoms with Gasteiger partial charge in [0.05, 0.1) is 13.2 Å². The number of halogens is 1. The normalized spacial score (nSPS) is 20.0. The number of benzene rings is 1. The SMILES string of the molecule is COCCOCC(=O)Nc1cc(Cl)cc(CN2CCN(C(=O)C3CCCC3)[C@@H](C)C2)c1C. The number of nitrogens with one attached hydrogen (secondary N) is 1. The van der Waals surface area contributed by atoms with E-state index in [2.05, 4.69) is 22.0 Å². The molecule has 1 aromatic carbocycles. The topological polar surface area (TPSA) is 71.1 Å². The zero-order chi connectivity index (χ0) is 23.1. The summed E-state index contributed by atoms with van der Waals surface area (Å²) in [5.74, 6) is 0.347. The number of anilines is 1. The van der Waals surface area contributed by atoms with Crippen LogP contribution in [0.25, 0.3) is 0 Å². The van der Waals surface area contributed by atoms with Crippen LogP contribution in [0.2, 0.25) is 5.02 Å². The van der Waals surface area contributed by atoms with Crippen LogP contribution >= 0.6 is 11.6 Å². The van der Waals surface area contributed by atoms with Gasteiger partial charge in [0.25, 0.3) is 0 Å². The minimum atomic E-state index is -0.218. The van der Waals surface area contributed by atoms with E-state index in [0.717, 1.165) is 50.1 Å². The first-order valence-electron chi connectivity index (χ1n) is 11.6. The first kappa shape index (κ1) is 25.0. The third-order valence-corrected chi connectivity index (χ3v) is 6.73. The Labute approximate surface area is 196 Å². The highest BCUT2D eigenvalue weighted by atomic mass is 35.5. The smallest absolute Gasteiger partial charge is 0.250 e. The Kier molecular flexibility index (Phi) is 9.34. The van der Waals surface area contributed by atoms with Gasteiger partial charge in [-0.3, -0.25) is 14.5 Å². The van der Waals surface area contributed by atoms with Crippen LogP contribution in [-0.4, -0.2) is 74.2 Å². The number of piperazine rings is 1. The molecule has 1 heterocycles. The van der Waals surface area contributed by atoms with Gasteiger partial charge < -0.3 is 19.7 Å². The van der Waals surface area contributed by atoms with Crippen molar-refractivity contribution in [2.45, 2.75) is 52.1 Å². The summed E-state index contributed by atoms with van der Waals surface area (Å²) in [6.07, 6.45) is 4.44. The summed E-state index contributed by atoms with van der Waals surface area (Å²) in [5, 5.41) is 3.49. The number of amides is 2. The molecule has 1 aromatic rings. The molecule has 0 bridgehead atoms. The quantitative estimate of drug-likeness (QED) is 0.565. The van der Waals surface area contributed by atoms with Crippen LogP contribution < -0.4 is 5.32 Å². The fourth-order valence-corrected chi connectivity index (χ4v) is 4.92. The average Bonchev–Trinajstić information content (AvgIpc) is 3.29. The molecule has 32 heavy (non-hydrogen) atoms. The van der Waals surface area contributed by atoms with Gasteiger partial charge in [0.15, 0.2) is 0 Å². The number of carbonyl (C=O) groups is 2. The lowest BCUT2D eigenvalue weighted by atomic mass is 10.0. The van der Waals surface area contributed by atoms with Crippen LogP contribution in [0.5, 0.6) is 0 Å². The lowest BCUT2D eigenvalue weighted by molar-refractivity contribution is -0.140. The maximum Gasteiger partial charge on any atom is 0.250 e. The number of rotatable bonds is 9. The summed E-state index contributed by atoms with van der Waals surface area (Å²) in [6, 6.07) is 3.93. The molecular weight excluding hydrogens is 430 g/mol. The van der Waals surface area contributed by atoms with Crippen LogP contribution in [0, 0.1) is 12.8 Å². The Hall–Kier alpha value is -1.67. The van der Waals surface area contributed by atoms with Gasteiger partial charge in [0.2, 0.25) is 11.8 Å². The first-order chi connectivity index (χ1) is 15.4. The number of carbonyl (C=O) groups excluding carboxylic acids is 2. The molecule has 0 unspecified atom stereocenters. The third kappa shape index (κ3) is 6.67. The summed E-state index contributed by atoms with van der Waals surface area (Å²) in [4.78, 5) is 29.5. The van der Waals surface area contributed by atoms with Crippen molar-refractivity contribution >= 4 is 29.1 Å². The highest BCUT2D eigenvalue weighted by Gasteiger charge is 2.33. The minimum absolute atomic E-state index is 0.0286. The van der Waals surface area contributed by atoms with Crippen molar-refractivity contribution in [1.29, 1.82) is 0 Å². The van der Waals surface area contributed by atoms with Gasteiger partial charge in [-0.2, -0.15) is 0 Å². The van der Waals surface area contributed by atoms with Crippen molar-refractivity contribution in [3.63, 3.8) is 0 Å². The molecule has 1 aliphatic heterocycles. The summed E-state index contributed by atoms with van der Waals surface area (Å²) in [7, 11) is 1.59. The van der Waals surface area contributed by atoms with E-state index in [9.17, 15) is 9.59 Å². The zero-order valence-corrected chi connectivity index (χ0v) is 20.2. The van der Waals surface area contributed by atoms with Gasteiger partial charge in [0, 0.05) is 56.0 Å². The Morgan fingerprint density at radius 3 is 2.62 bits per heavy atom. The Morgan fingerprint density at radius 2 is 1.94 bits per heavy atom. The van der Waals surface area contributed by atoms with Gasteiger partial charge in [-0.05, 0) is 49.9 Å². The second-order valence-electron chi connectivity index (χ2n) is 8.93. The number of nitrogens with zero attached hydrogens (tertiary/aromatic N) is 2. The lowest BCUT2D eigenvalue weighted by Crippen LogP contribution is -2.54. The van der Waals surface area contributed by atoms with Gasteiger partial charge in [-0.1, -0.05) is 24.4 Å². The molecule has 2 aliphatic rings. The van der Waals surface area contributed by atoms with Gasteiger partial charge in [0.1, 0.15) is 6.61 Å². The molecule has 1 saturated heterocycles.